The lowest BCUT2D eigenvalue weighted by Gasteiger charge is -2.39. The molecule has 2 aliphatic rings. The number of nitrogens with zero attached hydrogens (tertiary/aromatic N) is 4. The molecule has 1 unspecified atom stereocenters. The van der Waals surface area contributed by atoms with Crippen molar-refractivity contribution in [1.82, 2.24) is 19.8 Å². The van der Waals surface area contributed by atoms with Crippen LogP contribution in [-0.2, 0) is 6.42 Å². The molecule has 1 aliphatic heterocycles. The predicted octanol–water partition coefficient (Wildman–Crippen LogP) is 2.74. The maximum absolute atomic E-state index is 4.46. The summed E-state index contributed by atoms with van der Waals surface area (Å²) in [6.07, 6.45) is 7.52. The second kappa shape index (κ2) is 6.16. The Kier molecular flexibility index (Phi) is 4.45. The quantitative estimate of drug-likeness (QED) is 0.807. The van der Waals surface area contributed by atoms with Gasteiger partial charge in [-0.15, -0.1) is 23.7 Å². The fourth-order valence-corrected chi connectivity index (χ4v) is 4.76. The van der Waals surface area contributed by atoms with E-state index in [4.69, 9.17) is 0 Å². The number of piperazine rings is 1. The number of rotatable bonds is 1. The first-order valence-corrected chi connectivity index (χ1v) is 8.28. The molecule has 0 N–H and O–H groups in total. The van der Waals surface area contributed by atoms with E-state index < -0.39 is 0 Å². The average Bonchev–Trinajstić information content (AvgIpc) is 2.86. The second-order valence-electron chi connectivity index (χ2n) is 5.93. The molecule has 1 aliphatic carbocycles. The van der Waals surface area contributed by atoms with Crippen molar-refractivity contribution in [2.45, 2.75) is 25.3 Å². The number of hydrogen-bond donors (Lipinski definition) is 0. The van der Waals surface area contributed by atoms with Gasteiger partial charge in [0.2, 0.25) is 0 Å². The monoisotopic (exact) mass is 324 g/mol. The summed E-state index contributed by atoms with van der Waals surface area (Å²) in [6, 6.07) is 0.590. The molecule has 1 fully saturated rings. The van der Waals surface area contributed by atoms with E-state index in [1.54, 1.807) is 16.8 Å². The number of thiophene rings is 1. The molecule has 0 amide bonds. The summed E-state index contributed by atoms with van der Waals surface area (Å²) in [5, 5.41) is 1.30. The van der Waals surface area contributed by atoms with Crippen molar-refractivity contribution in [1.29, 1.82) is 0 Å². The van der Waals surface area contributed by atoms with Crippen LogP contribution >= 0.6 is 23.7 Å². The van der Waals surface area contributed by atoms with Crippen molar-refractivity contribution in [3.8, 4) is 0 Å². The van der Waals surface area contributed by atoms with Crippen LogP contribution in [0.5, 0.6) is 0 Å². The Balaban J connectivity index is 0.00000132. The summed E-state index contributed by atoms with van der Waals surface area (Å²) in [5.41, 5.74) is 1.54. The van der Waals surface area contributed by atoms with E-state index in [1.807, 2.05) is 17.5 Å². The van der Waals surface area contributed by atoms with Gasteiger partial charge in [0.05, 0.1) is 0 Å². The van der Waals surface area contributed by atoms with Crippen LogP contribution in [0.2, 0.25) is 0 Å². The predicted molar refractivity (Wildman–Crippen MR) is 89.4 cm³/mol. The SMILES string of the molecule is CN1CCN(C2CCCc3sc4ncncc4c32)CC1.Cl. The summed E-state index contributed by atoms with van der Waals surface area (Å²) in [7, 11) is 2.22. The van der Waals surface area contributed by atoms with Gasteiger partial charge in [0, 0.05) is 48.7 Å². The van der Waals surface area contributed by atoms with Gasteiger partial charge < -0.3 is 4.90 Å². The maximum Gasteiger partial charge on any atom is 0.127 e. The lowest BCUT2D eigenvalue weighted by molar-refractivity contribution is 0.103. The van der Waals surface area contributed by atoms with Gasteiger partial charge >= 0.3 is 0 Å². The summed E-state index contributed by atoms with van der Waals surface area (Å²) in [5.74, 6) is 0. The Labute approximate surface area is 135 Å². The molecule has 2 aromatic rings. The van der Waals surface area contributed by atoms with Gasteiger partial charge in [-0.2, -0.15) is 0 Å². The molecular weight excluding hydrogens is 304 g/mol. The second-order valence-corrected chi connectivity index (χ2v) is 7.01. The highest BCUT2D eigenvalue weighted by Gasteiger charge is 2.31. The molecule has 1 atom stereocenters. The van der Waals surface area contributed by atoms with Gasteiger partial charge in [0.15, 0.2) is 0 Å². The molecule has 2 aromatic heterocycles. The van der Waals surface area contributed by atoms with Gasteiger partial charge in [0.1, 0.15) is 11.2 Å². The zero-order valence-corrected chi connectivity index (χ0v) is 13.9. The Morgan fingerprint density at radius 1 is 1.24 bits per heavy atom. The largest absolute Gasteiger partial charge is 0.304 e. The van der Waals surface area contributed by atoms with Crippen molar-refractivity contribution < 1.29 is 0 Å². The van der Waals surface area contributed by atoms with Crippen molar-refractivity contribution in [2.75, 3.05) is 33.2 Å². The summed E-state index contributed by atoms with van der Waals surface area (Å²) in [4.78, 5) is 16.5. The van der Waals surface area contributed by atoms with Crippen LogP contribution < -0.4 is 0 Å². The molecule has 0 radical (unpaired) electrons. The zero-order chi connectivity index (χ0) is 13.5. The smallest absolute Gasteiger partial charge is 0.127 e. The fraction of sp³-hybridized carbons (Fsp3) is 0.600. The molecule has 0 saturated carbocycles. The van der Waals surface area contributed by atoms with Gasteiger partial charge in [-0.25, -0.2) is 9.97 Å². The minimum Gasteiger partial charge on any atom is -0.304 e. The van der Waals surface area contributed by atoms with Gasteiger partial charge in [-0.05, 0) is 31.9 Å². The fourth-order valence-electron chi connectivity index (χ4n) is 3.56. The Bertz CT molecular complexity index is 621. The Morgan fingerprint density at radius 2 is 2.05 bits per heavy atom. The molecule has 21 heavy (non-hydrogen) atoms. The molecule has 3 heterocycles. The molecule has 0 aromatic carbocycles. The van der Waals surface area contributed by atoms with E-state index in [1.165, 1.54) is 55.7 Å². The third-order valence-electron chi connectivity index (χ3n) is 4.68. The van der Waals surface area contributed by atoms with Crippen molar-refractivity contribution in [2.24, 2.45) is 0 Å². The minimum atomic E-state index is 0. The molecule has 4 rings (SSSR count). The first-order chi connectivity index (χ1) is 9.83. The Morgan fingerprint density at radius 3 is 2.86 bits per heavy atom. The first-order valence-electron chi connectivity index (χ1n) is 7.47. The molecule has 114 valence electrons. The average molecular weight is 325 g/mol. The normalized spacial score (nSPS) is 23.8. The third kappa shape index (κ3) is 2.68. The number of likely N-dealkylation sites (N-methyl/N-ethyl adjacent to an activating group) is 1. The van der Waals surface area contributed by atoms with E-state index in [0.29, 0.717) is 6.04 Å². The third-order valence-corrected chi connectivity index (χ3v) is 5.87. The van der Waals surface area contributed by atoms with Crippen LogP contribution in [0.3, 0.4) is 0 Å². The van der Waals surface area contributed by atoms with E-state index in [2.05, 4.69) is 26.8 Å². The summed E-state index contributed by atoms with van der Waals surface area (Å²) < 4.78 is 0. The van der Waals surface area contributed by atoms with Crippen LogP contribution in [0.25, 0.3) is 10.2 Å². The maximum atomic E-state index is 4.46. The number of aryl methyl sites for hydroxylation is 1. The van der Waals surface area contributed by atoms with Crippen LogP contribution in [0, 0.1) is 0 Å². The number of halogens is 1. The van der Waals surface area contributed by atoms with E-state index in [0.717, 1.165) is 0 Å². The van der Waals surface area contributed by atoms with Crippen LogP contribution in [0.4, 0.5) is 0 Å². The molecular formula is C15H21ClN4S. The van der Waals surface area contributed by atoms with E-state index in [-0.39, 0.29) is 12.4 Å². The van der Waals surface area contributed by atoms with Crippen LogP contribution in [0.1, 0.15) is 29.3 Å². The molecule has 0 bridgehead atoms. The summed E-state index contributed by atoms with van der Waals surface area (Å²) >= 11 is 1.88. The van der Waals surface area contributed by atoms with Crippen molar-refractivity contribution in [3.63, 3.8) is 0 Å². The first kappa shape index (κ1) is 15.2. The van der Waals surface area contributed by atoms with Crippen molar-refractivity contribution >= 4 is 34.0 Å². The minimum absolute atomic E-state index is 0. The van der Waals surface area contributed by atoms with Crippen LogP contribution in [0.15, 0.2) is 12.5 Å². The van der Waals surface area contributed by atoms with Gasteiger partial charge in [-0.3, -0.25) is 4.90 Å². The topological polar surface area (TPSA) is 32.3 Å². The Hall–Kier alpha value is -0.750. The lowest BCUT2D eigenvalue weighted by Crippen LogP contribution is -2.46. The molecule has 6 heteroatoms. The molecule has 1 saturated heterocycles. The number of fused-ring (bicyclic) bond motifs is 3. The van der Waals surface area contributed by atoms with Crippen LogP contribution in [-0.4, -0.2) is 53.0 Å². The van der Waals surface area contributed by atoms with Crippen molar-refractivity contribution in [3.05, 3.63) is 23.0 Å². The van der Waals surface area contributed by atoms with E-state index in [9.17, 15) is 0 Å². The highest BCUT2D eigenvalue weighted by molar-refractivity contribution is 7.18. The zero-order valence-electron chi connectivity index (χ0n) is 12.3. The number of aromatic nitrogens is 2. The van der Waals surface area contributed by atoms with E-state index >= 15 is 0 Å². The van der Waals surface area contributed by atoms with Gasteiger partial charge in [-0.1, -0.05) is 0 Å². The lowest BCUT2D eigenvalue weighted by atomic mass is 9.90. The highest BCUT2D eigenvalue weighted by Crippen LogP contribution is 2.42. The molecule has 4 nitrogen and oxygen atoms in total. The standard InChI is InChI=1S/C15H20N4S.ClH/c1-18-5-7-19(8-6-18)12-3-2-4-13-14(12)11-9-16-10-17-15(11)20-13;/h9-10,12H,2-8H2,1H3;1H. The number of hydrogen-bond acceptors (Lipinski definition) is 5. The highest BCUT2D eigenvalue weighted by atomic mass is 35.5. The summed E-state index contributed by atoms with van der Waals surface area (Å²) in [6.45, 7) is 4.74. The van der Waals surface area contributed by atoms with Gasteiger partial charge in [0.25, 0.3) is 0 Å². The molecule has 0 spiro atoms.